The van der Waals surface area contributed by atoms with Gasteiger partial charge in [-0.2, -0.15) is 0 Å². The highest BCUT2D eigenvalue weighted by Crippen LogP contribution is 2.11. The number of carbonyl (C=O) groups excluding carboxylic acids is 1. The number of primary amides is 1. The summed E-state index contributed by atoms with van der Waals surface area (Å²) in [7, 11) is 0. The molecule has 0 bridgehead atoms. The molecule has 0 aliphatic carbocycles. The molecule has 0 aromatic heterocycles. The van der Waals surface area contributed by atoms with Crippen molar-refractivity contribution in [1.82, 2.24) is 5.32 Å². The maximum absolute atomic E-state index is 13.8. The number of amides is 1. The molecule has 0 heterocycles. The Hall–Kier alpha value is -2.20. The number of aryl methyl sites for hydroxylation is 1. The molecule has 20 heavy (non-hydrogen) atoms. The third kappa shape index (κ3) is 3.42. The molecule has 0 saturated carbocycles. The van der Waals surface area contributed by atoms with E-state index in [1.807, 2.05) is 31.2 Å². The van der Waals surface area contributed by atoms with Crippen LogP contribution in [-0.4, -0.2) is 5.91 Å². The smallest absolute Gasteiger partial charge is 0.248 e. The number of rotatable bonds is 5. The molecule has 1 amide bonds. The van der Waals surface area contributed by atoms with Crippen molar-refractivity contribution >= 4 is 5.91 Å². The van der Waals surface area contributed by atoms with E-state index in [1.54, 1.807) is 6.07 Å². The normalized spacial score (nSPS) is 10.5. The molecule has 2 rings (SSSR count). The lowest BCUT2D eigenvalue weighted by Gasteiger charge is -2.09. The van der Waals surface area contributed by atoms with E-state index in [0.717, 1.165) is 0 Å². The summed E-state index contributed by atoms with van der Waals surface area (Å²) in [6, 6.07) is 12.3. The zero-order valence-corrected chi connectivity index (χ0v) is 11.3. The maximum Gasteiger partial charge on any atom is 0.248 e. The van der Waals surface area contributed by atoms with Crippen LogP contribution < -0.4 is 11.1 Å². The Labute approximate surface area is 117 Å². The molecule has 0 spiro atoms. The van der Waals surface area contributed by atoms with Gasteiger partial charge < -0.3 is 11.1 Å². The molecule has 3 N–H and O–H groups in total. The van der Waals surface area contributed by atoms with Crippen molar-refractivity contribution in [2.75, 3.05) is 0 Å². The fourth-order valence-electron chi connectivity index (χ4n) is 1.98. The highest BCUT2D eigenvalue weighted by atomic mass is 19.1. The zero-order chi connectivity index (χ0) is 14.5. The Bertz CT molecular complexity index is 626. The first-order valence-electron chi connectivity index (χ1n) is 6.41. The van der Waals surface area contributed by atoms with Gasteiger partial charge in [0, 0.05) is 24.2 Å². The Morgan fingerprint density at radius 2 is 1.85 bits per heavy atom. The van der Waals surface area contributed by atoms with Gasteiger partial charge in [0.1, 0.15) is 5.82 Å². The molecule has 0 saturated heterocycles. The van der Waals surface area contributed by atoms with Gasteiger partial charge in [0.2, 0.25) is 5.91 Å². The molecule has 2 aromatic carbocycles. The molecular weight excluding hydrogens is 255 g/mol. The van der Waals surface area contributed by atoms with Gasteiger partial charge in [-0.05, 0) is 30.2 Å². The van der Waals surface area contributed by atoms with Crippen LogP contribution in [0.2, 0.25) is 0 Å². The van der Waals surface area contributed by atoms with Gasteiger partial charge in [0.25, 0.3) is 0 Å². The summed E-state index contributed by atoms with van der Waals surface area (Å²) in [5.41, 5.74) is 8.19. The van der Waals surface area contributed by atoms with Crippen molar-refractivity contribution in [1.29, 1.82) is 0 Å². The van der Waals surface area contributed by atoms with Gasteiger partial charge in [-0.15, -0.1) is 0 Å². The van der Waals surface area contributed by atoms with Crippen molar-refractivity contribution in [2.24, 2.45) is 5.73 Å². The van der Waals surface area contributed by atoms with Crippen molar-refractivity contribution in [2.45, 2.75) is 20.0 Å². The molecular formula is C16H17FN2O. The van der Waals surface area contributed by atoms with Crippen LogP contribution in [0.15, 0.2) is 42.5 Å². The van der Waals surface area contributed by atoms with Crippen molar-refractivity contribution < 1.29 is 9.18 Å². The maximum atomic E-state index is 13.8. The van der Waals surface area contributed by atoms with Gasteiger partial charge in [-0.25, -0.2) is 4.39 Å². The van der Waals surface area contributed by atoms with E-state index < -0.39 is 11.7 Å². The van der Waals surface area contributed by atoms with Gasteiger partial charge in [0.05, 0.1) is 0 Å². The summed E-state index contributed by atoms with van der Waals surface area (Å²) in [6.45, 7) is 3.11. The summed E-state index contributed by atoms with van der Waals surface area (Å²) in [5, 5.41) is 3.19. The molecule has 104 valence electrons. The average Bonchev–Trinajstić information content (AvgIpc) is 2.42. The fourth-order valence-corrected chi connectivity index (χ4v) is 1.98. The quantitative estimate of drug-likeness (QED) is 0.878. The first-order chi connectivity index (χ1) is 9.58. The second-order valence-corrected chi connectivity index (χ2v) is 4.70. The van der Waals surface area contributed by atoms with Crippen LogP contribution in [0.1, 0.15) is 27.0 Å². The molecule has 0 aliphatic heterocycles. The number of hydrogen-bond donors (Lipinski definition) is 2. The van der Waals surface area contributed by atoms with Crippen molar-refractivity contribution in [3.8, 4) is 0 Å². The third-order valence-electron chi connectivity index (χ3n) is 3.23. The van der Waals surface area contributed by atoms with Crippen LogP contribution in [0, 0.1) is 12.7 Å². The average molecular weight is 272 g/mol. The lowest BCUT2D eigenvalue weighted by Crippen LogP contribution is -2.16. The second-order valence-electron chi connectivity index (χ2n) is 4.70. The highest BCUT2D eigenvalue weighted by molar-refractivity contribution is 5.92. The largest absolute Gasteiger partial charge is 0.366 e. The molecule has 0 atom stereocenters. The minimum Gasteiger partial charge on any atom is -0.366 e. The number of nitrogens with two attached hydrogens (primary N) is 1. The number of hydrogen-bond acceptors (Lipinski definition) is 2. The van der Waals surface area contributed by atoms with Crippen molar-refractivity contribution in [3.63, 3.8) is 0 Å². The molecule has 4 heteroatoms. The van der Waals surface area contributed by atoms with Crippen LogP contribution in [0.3, 0.4) is 0 Å². The second kappa shape index (κ2) is 6.30. The van der Waals surface area contributed by atoms with Crippen LogP contribution in [0.4, 0.5) is 4.39 Å². The molecule has 0 radical (unpaired) electrons. The van der Waals surface area contributed by atoms with E-state index in [2.05, 4.69) is 5.32 Å². The summed E-state index contributed by atoms with van der Waals surface area (Å²) < 4.78 is 13.8. The zero-order valence-electron chi connectivity index (χ0n) is 11.3. The Balaban J connectivity index is 1.98. The predicted octanol–water partition coefficient (Wildman–Crippen LogP) is 2.52. The standard InChI is InChI=1S/C16H17FN2O/c1-11-4-2-3-5-13(11)9-19-10-14-7-6-12(16(18)20)8-15(14)17/h2-8,19H,9-10H2,1H3,(H2,18,20). The number of benzene rings is 2. The van der Waals surface area contributed by atoms with E-state index in [-0.39, 0.29) is 5.56 Å². The highest BCUT2D eigenvalue weighted by Gasteiger charge is 2.07. The monoisotopic (exact) mass is 272 g/mol. The van der Waals surface area contributed by atoms with E-state index >= 15 is 0 Å². The summed E-state index contributed by atoms with van der Waals surface area (Å²) in [6.07, 6.45) is 0. The predicted molar refractivity (Wildman–Crippen MR) is 76.6 cm³/mol. The van der Waals surface area contributed by atoms with Crippen LogP contribution in [0.5, 0.6) is 0 Å². The molecule has 0 unspecified atom stereocenters. The van der Waals surface area contributed by atoms with Crippen LogP contribution in [0.25, 0.3) is 0 Å². The number of halogens is 1. The Morgan fingerprint density at radius 1 is 1.15 bits per heavy atom. The van der Waals surface area contributed by atoms with E-state index in [0.29, 0.717) is 18.7 Å². The van der Waals surface area contributed by atoms with Crippen molar-refractivity contribution in [3.05, 3.63) is 70.5 Å². The summed E-state index contributed by atoms with van der Waals surface area (Å²) in [4.78, 5) is 10.9. The molecule has 0 aliphatic rings. The molecule has 2 aromatic rings. The van der Waals surface area contributed by atoms with Gasteiger partial charge >= 0.3 is 0 Å². The lowest BCUT2D eigenvalue weighted by molar-refractivity contribution is 0.1000. The minimum absolute atomic E-state index is 0.185. The van der Waals surface area contributed by atoms with Gasteiger partial charge in [-0.1, -0.05) is 30.3 Å². The van der Waals surface area contributed by atoms with E-state index in [1.165, 1.54) is 23.3 Å². The first-order valence-corrected chi connectivity index (χ1v) is 6.41. The minimum atomic E-state index is -0.622. The Kier molecular flexibility index (Phi) is 4.48. The SMILES string of the molecule is Cc1ccccc1CNCc1ccc(C(N)=O)cc1F. The molecule has 3 nitrogen and oxygen atoms in total. The number of nitrogens with one attached hydrogen (secondary N) is 1. The van der Waals surface area contributed by atoms with Gasteiger partial charge in [-0.3, -0.25) is 4.79 Å². The number of carbonyl (C=O) groups is 1. The summed E-state index contributed by atoms with van der Waals surface area (Å²) >= 11 is 0. The molecule has 0 fully saturated rings. The first kappa shape index (κ1) is 14.2. The van der Waals surface area contributed by atoms with Crippen LogP contribution in [-0.2, 0) is 13.1 Å². The summed E-state index contributed by atoms with van der Waals surface area (Å²) in [5.74, 6) is -1.04. The van der Waals surface area contributed by atoms with E-state index in [9.17, 15) is 9.18 Å². The van der Waals surface area contributed by atoms with E-state index in [4.69, 9.17) is 5.73 Å². The fraction of sp³-hybridized carbons (Fsp3) is 0.188. The third-order valence-corrected chi connectivity index (χ3v) is 3.23. The van der Waals surface area contributed by atoms with Gasteiger partial charge in [0.15, 0.2) is 0 Å². The topological polar surface area (TPSA) is 55.1 Å². The van der Waals surface area contributed by atoms with Crippen LogP contribution >= 0.6 is 0 Å². The lowest BCUT2D eigenvalue weighted by atomic mass is 10.1. The Morgan fingerprint density at radius 3 is 2.50 bits per heavy atom.